The predicted octanol–water partition coefficient (Wildman–Crippen LogP) is 5.76. The number of halogens is 3. The summed E-state index contributed by atoms with van der Waals surface area (Å²) in [6.07, 6.45) is 0. The molecule has 0 aliphatic rings. The molecular formula is C16H15BrCl2O2. The molecule has 0 saturated carbocycles. The van der Waals surface area contributed by atoms with Crippen LogP contribution in [0, 0.1) is 6.92 Å². The quantitative estimate of drug-likeness (QED) is 0.619. The lowest BCUT2D eigenvalue weighted by atomic mass is 9.99. The van der Waals surface area contributed by atoms with Crippen molar-refractivity contribution in [3.05, 3.63) is 56.5 Å². The highest BCUT2D eigenvalue weighted by Crippen LogP contribution is 2.41. The zero-order valence-corrected chi connectivity index (χ0v) is 15.0. The van der Waals surface area contributed by atoms with Gasteiger partial charge in [0.1, 0.15) is 11.5 Å². The molecule has 0 heterocycles. The van der Waals surface area contributed by atoms with Gasteiger partial charge in [0.25, 0.3) is 0 Å². The number of rotatable bonds is 4. The van der Waals surface area contributed by atoms with Crippen LogP contribution >= 0.6 is 39.1 Å². The van der Waals surface area contributed by atoms with Crippen molar-refractivity contribution in [2.75, 3.05) is 14.2 Å². The van der Waals surface area contributed by atoms with E-state index >= 15 is 0 Å². The Morgan fingerprint density at radius 3 is 2.24 bits per heavy atom. The lowest BCUT2D eigenvalue weighted by molar-refractivity contribution is 0.397. The van der Waals surface area contributed by atoms with Gasteiger partial charge in [-0.2, -0.15) is 0 Å². The van der Waals surface area contributed by atoms with E-state index < -0.39 is 0 Å². The number of methoxy groups -OCH3 is 2. The van der Waals surface area contributed by atoms with E-state index in [1.807, 2.05) is 37.3 Å². The first-order valence-electron chi connectivity index (χ1n) is 6.29. The molecule has 2 aromatic carbocycles. The summed E-state index contributed by atoms with van der Waals surface area (Å²) in [6, 6.07) is 9.41. The Morgan fingerprint density at radius 1 is 1.00 bits per heavy atom. The highest BCUT2D eigenvalue weighted by molar-refractivity contribution is 9.10. The highest BCUT2D eigenvalue weighted by Gasteiger charge is 2.20. The van der Waals surface area contributed by atoms with E-state index in [-0.39, 0.29) is 5.38 Å². The minimum atomic E-state index is -0.348. The predicted molar refractivity (Wildman–Crippen MR) is 91.1 cm³/mol. The lowest BCUT2D eigenvalue weighted by Gasteiger charge is -2.18. The Kier molecular flexibility index (Phi) is 5.42. The third-order valence-electron chi connectivity index (χ3n) is 3.28. The molecule has 5 heteroatoms. The average molecular weight is 390 g/mol. The van der Waals surface area contributed by atoms with Crippen LogP contribution in [-0.4, -0.2) is 14.2 Å². The van der Waals surface area contributed by atoms with Gasteiger partial charge in [-0.3, -0.25) is 0 Å². The summed E-state index contributed by atoms with van der Waals surface area (Å²) < 4.78 is 11.6. The van der Waals surface area contributed by atoms with Gasteiger partial charge in [-0.1, -0.05) is 17.7 Å². The van der Waals surface area contributed by atoms with Crippen molar-refractivity contribution < 1.29 is 9.47 Å². The van der Waals surface area contributed by atoms with Crippen LogP contribution in [0.15, 0.2) is 34.8 Å². The molecular weight excluding hydrogens is 375 g/mol. The molecule has 2 nitrogen and oxygen atoms in total. The molecule has 0 aliphatic carbocycles. The second kappa shape index (κ2) is 6.91. The number of aryl methyl sites for hydroxylation is 1. The number of benzene rings is 2. The van der Waals surface area contributed by atoms with E-state index in [0.29, 0.717) is 16.5 Å². The Bertz CT molecular complexity index is 659. The molecule has 21 heavy (non-hydrogen) atoms. The molecule has 0 fully saturated rings. The average Bonchev–Trinajstić information content (AvgIpc) is 2.46. The van der Waals surface area contributed by atoms with Crippen LogP contribution in [0.25, 0.3) is 0 Å². The van der Waals surface area contributed by atoms with Crippen molar-refractivity contribution in [1.82, 2.24) is 0 Å². The Hall–Kier alpha value is -0.900. The summed E-state index contributed by atoms with van der Waals surface area (Å²) in [5.41, 5.74) is 2.87. The summed E-state index contributed by atoms with van der Waals surface area (Å²) in [4.78, 5) is 0. The SMILES string of the molecule is COc1cc(C(Cl)c2ccc(Cl)cc2C)c(OC)cc1Br. The van der Waals surface area contributed by atoms with E-state index in [1.54, 1.807) is 14.2 Å². The maximum Gasteiger partial charge on any atom is 0.133 e. The number of hydrogen-bond acceptors (Lipinski definition) is 2. The van der Waals surface area contributed by atoms with Crippen LogP contribution < -0.4 is 9.47 Å². The van der Waals surface area contributed by atoms with Crippen molar-refractivity contribution >= 4 is 39.1 Å². The van der Waals surface area contributed by atoms with Gasteiger partial charge < -0.3 is 9.47 Å². The summed E-state index contributed by atoms with van der Waals surface area (Å²) in [7, 11) is 3.24. The van der Waals surface area contributed by atoms with Gasteiger partial charge in [0.2, 0.25) is 0 Å². The van der Waals surface area contributed by atoms with Gasteiger partial charge in [0, 0.05) is 10.6 Å². The highest BCUT2D eigenvalue weighted by atomic mass is 79.9. The minimum Gasteiger partial charge on any atom is -0.496 e. The molecule has 2 rings (SSSR count). The van der Waals surface area contributed by atoms with Gasteiger partial charge in [0.15, 0.2) is 0 Å². The minimum absolute atomic E-state index is 0.348. The molecule has 0 saturated heterocycles. The molecule has 1 unspecified atom stereocenters. The van der Waals surface area contributed by atoms with Crippen molar-refractivity contribution in [2.24, 2.45) is 0 Å². The lowest BCUT2D eigenvalue weighted by Crippen LogP contribution is -2.01. The summed E-state index contributed by atoms with van der Waals surface area (Å²) in [5, 5.41) is 0.347. The van der Waals surface area contributed by atoms with E-state index in [0.717, 1.165) is 21.2 Å². The second-order valence-electron chi connectivity index (χ2n) is 4.59. The van der Waals surface area contributed by atoms with Gasteiger partial charge >= 0.3 is 0 Å². The fourth-order valence-corrected chi connectivity index (χ4v) is 3.30. The van der Waals surface area contributed by atoms with E-state index in [1.165, 1.54) is 0 Å². The molecule has 1 atom stereocenters. The first-order chi connectivity index (χ1) is 9.97. The molecule has 0 spiro atoms. The second-order valence-corrected chi connectivity index (χ2v) is 6.32. The van der Waals surface area contributed by atoms with E-state index in [2.05, 4.69) is 15.9 Å². The van der Waals surface area contributed by atoms with Gasteiger partial charge in [-0.05, 0) is 58.2 Å². The Morgan fingerprint density at radius 2 is 1.67 bits per heavy atom. The summed E-state index contributed by atoms with van der Waals surface area (Å²) in [6.45, 7) is 1.99. The normalized spacial score (nSPS) is 12.1. The van der Waals surface area contributed by atoms with Gasteiger partial charge in [0.05, 0.1) is 24.1 Å². The molecule has 0 amide bonds. The Labute approximate surface area is 143 Å². The zero-order chi connectivity index (χ0) is 15.6. The number of alkyl halides is 1. The van der Waals surface area contributed by atoms with E-state index in [9.17, 15) is 0 Å². The van der Waals surface area contributed by atoms with Crippen LogP contribution in [-0.2, 0) is 0 Å². The van der Waals surface area contributed by atoms with Crippen LogP contribution in [0.1, 0.15) is 22.1 Å². The smallest absolute Gasteiger partial charge is 0.133 e. The first-order valence-corrected chi connectivity index (χ1v) is 7.90. The fraction of sp³-hybridized carbons (Fsp3) is 0.250. The maximum absolute atomic E-state index is 6.66. The maximum atomic E-state index is 6.66. The number of hydrogen-bond donors (Lipinski definition) is 0. The molecule has 0 bridgehead atoms. The molecule has 112 valence electrons. The molecule has 0 N–H and O–H groups in total. The van der Waals surface area contributed by atoms with Crippen molar-refractivity contribution in [3.8, 4) is 11.5 Å². The first kappa shape index (κ1) is 16.5. The Balaban J connectivity index is 2.53. The molecule has 0 aliphatic heterocycles. The zero-order valence-electron chi connectivity index (χ0n) is 11.9. The number of ether oxygens (including phenoxy) is 2. The topological polar surface area (TPSA) is 18.5 Å². The van der Waals surface area contributed by atoms with Crippen molar-refractivity contribution in [3.63, 3.8) is 0 Å². The van der Waals surface area contributed by atoms with E-state index in [4.69, 9.17) is 32.7 Å². The van der Waals surface area contributed by atoms with Gasteiger partial charge in [-0.25, -0.2) is 0 Å². The van der Waals surface area contributed by atoms with Crippen LogP contribution in [0.4, 0.5) is 0 Å². The largest absolute Gasteiger partial charge is 0.496 e. The van der Waals surface area contributed by atoms with Crippen LogP contribution in [0.5, 0.6) is 11.5 Å². The van der Waals surface area contributed by atoms with Crippen molar-refractivity contribution in [2.45, 2.75) is 12.3 Å². The summed E-state index contributed by atoms with van der Waals surface area (Å²) in [5.74, 6) is 1.42. The van der Waals surface area contributed by atoms with Crippen molar-refractivity contribution in [1.29, 1.82) is 0 Å². The third-order valence-corrected chi connectivity index (χ3v) is 4.61. The van der Waals surface area contributed by atoms with Crippen LogP contribution in [0.2, 0.25) is 5.02 Å². The van der Waals surface area contributed by atoms with Gasteiger partial charge in [-0.15, -0.1) is 11.6 Å². The summed E-state index contributed by atoms with van der Waals surface area (Å²) >= 11 is 16.1. The standard InChI is InChI=1S/C16H15BrCl2O2/c1-9-6-10(18)4-5-11(9)16(19)12-7-15(21-3)13(17)8-14(12)20-2/h4-8,16H,1-3H3. The van der Waals surface area contributed by atoms with Crippen LogP contribution in [0.3, 0.4) is 0 Å². The third kappa shape index (κ3) is 3.47. The molecule has 2 aromatic rings. The monoisotopic (exact) mass is 388 g/mol. The molecule has 0 radical (unpaired) electrons. The fourth-order valence-electron chi connectivity index (χ4n) is 2.17. The molecule has 0 aromatic heterocycles.